The molecule has 0 aliphatic heterocycles. The molecule has 6 nitrogen and oxygen atoms in total. The van der Waals surface area contributed by atoms with Gasteiger partial charge in [-0.1, -0.05) is 54.1 Å². The van der Waals surface area contributed by atoms with Crippen LogP contribution in [0.15, 0.2) is 84.2 Å². The van der Waals surface area contributed by atoms with Crippen molar-refractivity contribution in [3.05, 3.63) is 101 Å². The number of hydrazone groups is 1. The highest BCUT2D eigenvalue weighted by atomic mass is 35.5. The molecule has 0 aliphatic rings. The fourth-order valence-corrected chi connectivity index (χ4v) is 2.65. The first kappa shape index (κ1) is 19.3. The molecule has 2 amide bonds. The average molecular weight is 393 g/mol. The molecule has 2 aromatic carbocycles. The number of pyridine rings is 1. The number of amides is 2. The summed E-state index contributed by atoms with van der Waals surface area (Å²) in [4.78, 5) is 28.5. The summed E-state index contributed by atoms with van der Waals surface area (Å²) in [5.74, 6) is -0.692. The van der Waals surface area contributed by atoms with Crippen LogP contribution in [0.2, 0.25) is 5.02 Å². The van der Waals surface area contributed by atoms with Crippen LogP contribution in [0.4, 0.5) is 0 Å². The van der Waals surface area contributed by atoms with Crippen LogP contribution < -0.4 is 10.7 Å². The van der Waals surface area contributed by atoms with Crippen LogP contribution in [-0.4, -0.2) is 29.1 Å². The third-order valence-corrected chi connectivity index (χ3v) is 4.21. The first-order valence-electron chi connectivity index (χ1n) is 8.50. The monoisotopic (exact) mass is 392 g/mol. The normalized spacial score (nSPS) is 11.0. The number of carbonyl (C=O) groups is 2. The zero-order valence-electron chi connectivity index (χ0n) is 14.8. The Labute approximate surface area is 167 Å². The van der Waals surface area contributed by atoms with Crippen molar-refractivity contribution in [1.29, 1.82) is 0 Å². The summed E-state index contributed by atoms with van der Waals surface area (Å²) in [5, 5.41) is 7.36. The topological polar surface area (TPSA) is 83.5 Å². The summed E-state index contributed by atoms with van der Waals surface area (Å²) in [6.45, 7) is 0.116. The summed E-state index contributed by atoms with van der Waals surface area (Å²) in [6.07, 6.45) is 3.06. The summed E-state index contributed by atoms with van der Waals surface area (Å²) in [6, 6.07) is 19.2. The van der Waals surface area contributed by atoms with E-state index in [4.69, 9.17) is 11.6 Å². The summed E-state index contributed by atoms with van der Waals surface area (Å²) in [5.41, 5.74) is 4.60. The number of aromatic nitrogens is 1. The fourth-order valence-electron chi connectivity index (χ4n) is 2.43. The van der Waals surface area contributed by atoms with Crippen LogP contribution in [0.1, 0.15) is 26.3 Å². The lowest BCUT2D eigenvalue weighted by molar-refractivity contribution is 0.0951. The van der Waals surface area contributed by atoms with Gasteiger partial charge in [0, 0.05) is 18.0 Å². The van der Waals surface area contributed by atoms with E-state index in [1.165, 1.54) is 12.4 Å². The molecule has 1 heterocycles. The van der Waals surface area contributed by atoms with Gasteiger partial charge < -0.3 is 5.32 Å². The number of hydrogen-bond acceptors (Lipinski definition) is 4. The van der Waals surface area contributed by atoms with Gasteiger partial charge in [0.25, 0.3) is 11.8 Å². The summed E-state index contributed by atoms with van der Waals surface area (Å²) < 4.78 is 0. The highest BCUT2D eigenvalue weighted by molar-refractivity contribution is 6.33. The van der Waals surface area contributed by atoms with Crippen molar-refractivity contribution in [3.8, 4) is 0 Å². The molecule has 1 aromatic heterocycles. The molecule has 0 saturated carbocycles. The van der Waals surface area contributed by atoms with Crippen molar-refractivity contribution in [1.82, 2.24) is 15.7 Å². The molecular weight excluding hydrogens is 376 g/mol. The third kappa shape index (κ3) is 5.02. The molecule has 0 atom stereocenters. The van der Waals surface area contributed by atoms with Gasteiger partial charge in [-0.15, -0.1) is 0 Å². The Kier molecular flexibility index (Phi) is 6.49. The van der Waals surface area contributed by atoms with E-state index >= 15 is 0 Å². The summed E-state index contributed by atoms with van der Waals surface area (Å²) >= 11 is 6.07. The van der Waals surface area contributed by atoms with Crippen LogP contribution in [-0.2, 0) is 0 Å². The molecule has 0 bridgehead atoms. The molecule has 3 rings (SSSR count). The molecule has 0 spiro atoms. The van der Waals surface area contributed by atoms with Crippen LogP contribution in [0.5, 0.6) is 0 Å². The maximum Gasteiger partial charge on any atom is 0.271 e. The lowest BCUT2D eigenvalue weighted by Gasteiger charge is -2.10. The number of nitrogens with zero attached hydrogens (tertiary/aromatic N) is 2. The van der Waals surface area contributed by atoms with Crippen LogP contribution in [0.25, 0.3) is 0 Å². The number of hydrogen-bond donors (Lipinski definition) is 2. The zero-order valence-corrected chi connectivity index (χ0v) is 15.6. The molecule has 2 N–H and O–H groups in total. The van der Waals surface area contributed by atoms with Crippen molar-refractivity contribution < 1.29 is 9.59 Å². The smallest absolute Gasteiger partial charge is 0.271 e. The average Bonchev–Trinajstić information content (AvgIpc) is 2.75. The number of rotatable bonds is 6. The fraction of sp³-hybridized carbons (Fsp3) is 0.0476. The Morgan fingerprint density at radius 1 is 0.857 bits per heavy atom. The van der Waals surface area contributed by atoms with Crippen LogP contribution in [0.3, 0.4) is 0 Å². The van der Waals surface area contributed by atoms with Gasteiger partial charge in [-0.2, -0.15) is 5.10 Å². The number of nitrogens with one attached hydrogen (secondary N) is 2. The number of halogens is 1. The third-order valence-electron chi connectivity index (χ3n) is 3.88. The molecule has 3 aromatic rings. The molecule has 140 valence electrons. The second-order valence-electron chi connectivity index (χ2n) is 5.76. The molecule has 0 aliphatic carbocycles. The minimum atomic E-state index is -0.367. The maximum atomic E-state index is 12.4. The first-order valence-corrected chi connectivity index (χ1v) is 8.88. The second kappa shape index (κ2) is 9.43. The van der Waals surface area contributed by atoms with Crippen molar-refractivity contribution >= 4 is 29.1 Å². The van der Waals surface area contributed by atoms with E-state index in [0.717, 1.165) is 5.56 Å². The van der Waals surface area contributed by atoms with E-state index in [9.17, 15) is 9.59 Å². The van der Waals surface area contributed by atoms with Crippen molar-refractivity contribution in [2.24, 2.45) is 5.10 Å². The predicted octanol–water partition coefficient (Wildman–Crippen LogP) is 3.30. The van der Waals surface area contributed by atoms with Crippen LogP contribution in [0, 0.1) is 0 Å². The standard InChI is InChI=1S/C21H17ClN4O2/c22-18-9-5-4-8-17(18)21(28)24-14-19(15-6-2-1-3-7-15)25-26-20(27)16-10-12-23-13-11-16/h1-13H,14H2,(H,24,28)(H,26,27)/b25-19+. The largest absolute Gasteiger partial charge is 0.346 e. The first-order chi connectivity index (χ1) is 13.6. The Balaban J connectivity index is 1.75. The Morgan fingerprint density at radius 3 is 2.25 bits per heavy atom. The lowest BCUT2D eigenvalue weighted by Crippen LogP contribution is -2.32. The zero-order chi connectivity index (χ0) is 19.8. The van der Waals surface area contributed by atoms with E-state index in [1.54, 1.807) is 36.4 Å². The van der Waals surface area contributed by atoms with E-state index < -0.39 is 0 Å². The molecule has 0 unspecified atom stereocenters. The Morgan fingerprint density at radius 2 is 1.54 bits per heavy atom. The molecule has 0 radical (unpaired) electrons. The highest BCUT2D eigenvalue weighted by Crippen LogP contribution is 2.14. The van der Waals surface area contributed by atoms with Gasteiger partial charge in [0.1, 0.15) is 0 Å². The SMILES string of the molecule is O=C(N/N=C(\CNC(=O)c1ccccc1Cl)c1ccccc1)c1ccncc1. The van der Waals surface area contributed by atoms with E-state index in [2.05, 4.69) is 20.8 Å². The van der Waals surface area contributed by atoms with Crippen molar-refractivity contribution in [2.45, 2.75) is 0 Å². The van der Waals surface area contributed by atoms with Gasteiger partial charge in [-0.05, 0) is 29.8 Å². The van der Waals surface area contributed by atoms with Crippen molar-refractivity contribution in [3.63, 3.8) is 0 Å². The molecule has 0 fully saturated rings. The number of carbonyl (C=O) groups excluding carboxylic acids is 2. The van der Waals surface area contributed by atoms with Gasteiger partial charge >= 0.3 is 0 Å². The van der Waals surface area contributed by atoms with Gasteiger partial charge in [0.05, 0.1) is 22.8 Å². The van der Waals surface area contributed by atoms with Crippen molar-refractivity contribution in [2.75, 3.05) is 6.54 Å². The van der Waals surface area contributed by atoms with Gasteiger partial charge in [0.15, 0.2) is 0 Å². The molecule has 0 saturated heterocycles. The van der Waals surface area contributed by atoms with Gasteiger partial charge in [0.2, 0.25) is 0 Å². The Bertz CT molecular complexity index is 992. The maximum absolute atomic E-state index is 12.4. The second-order valence-corrected chi connectivity index (χ2v) is 6.17. The Hall–Kier alpha value is -3.51. The minimum Gasteiger partial charge on any atom is -0.346 e. The van der Waals surface area contributed by atoms with Gasteiger partial charge in [-0.3, -0.25) is 14.6 Å². The number of benzene rings is 2. The van der Waals surface area contributed by atoms with E-state index in [1.807, 2.05) is 30.3 Å². The molecule has 7 heteroatoms. The summed E-state index contributed by atoms with van der Waals surface area (Å²) in [7, 11) is 0. The van der Waals surface area contributed by atoms with Gasteiger partial charge in [-0.25, -0.2) is 5.43 Å². The van der Waals surface area contributed by atoms with E-state index in [0.29, 0.717) is 21.9 Å². The quantitative estimate of drug-likeness (QED) is 0.498. The van der Waals surface area contributed by atoms with Crippen LogP contribution >= 0.6 is 11.6 Å². The molecule has 28 heavy (non-hydrogen) atoms. The molecular formula is C21H17ClN4O2. The minimum absolute atomic E-state index is 0.116. The van der Waals surface area contributed by atoms with E-state index in [-0.39, 0.29) is 18.4 Å². The predicted molar refractivity (Wildman–Crippen MR) is 108 cm³/mol. The highest BCUT2D eigenvalue weighted by Gasteiger charge is 2.12. The lowest BCUT2D eigenvalue weighted by atomic mass is 10.1.